The van der Waals surface area contributed by atoms with Gasteiger partial charge in [0.05, 0.1) is 18.1 Å². The highest BCUT2D eigenvalue weighted by Gasteiger charge is 2.64. The number of alkyl halides is 3. The van der Waals surface area contributed by atoms with Gasteiger partial charge in [0.2, 0.25) is 5.91 Å². The number of amides is 2. The van der Waals surface area contributed by atoms with Crippen LogP contribution < -0.4 is 10.1 Å². The zero-order valence-corrected chi connectivity index (χ0v) is 24.2. The number of sulfone groups is 1. The molecule has 3 heterocycles. The summed E-state index contributed by atoms with van der Waals surface area (Å²) >= 11 is 0. The van der Waals surface area contributed by atoms with Gasteiger partial charge in [0.15, 0.2) is 9.84 Å². The van der Waals surface area contributed by atoms with Gasteiger partial charge in [-0.2, -0.15) is 13.2 Å². The van der Waals surface area contributed by atoms with Gasteiger partial charge in [-0.05, 0) is 42.2 Å². The van der Waals surface area contributed by atoms with Crippen LogP contribution in [0.5, 0.6) is 5.75 Å². The summed E-state index contributed by atoms with van der Waals surface area (Å²) in [6.07, 6.45) is -3.54. The highest BCUT2D eigenvalue weighted by atomic mass is 32.2. The summed E-state index contributed by atoms with van der Waals surface area (Å²) in [5.41, 5.74) is -3.13. The minimum atomic E-state index is -5.00. The summed E-state index contributed by atoms with van der Waals surface area (Å²) in [6, 6.07) is 14.4. The lowest BCUT2D eigenvalue weighted by molar-refractivity contribution is -0.271. The number of hydrogen-bond donors (Lipinski definition) is 1. The Kier molecular flexibility index (Phi) is 8.32. The van der Waals surface area contributed by atoms with Gasteiger partial charge in [-0.3, -0.25) is 9.59 Å². The Bertz CT molecular complexity index is 1400. The number of rotatable bonds is 8. The molecule has 3 fully saturated rings. The number of nitrogens with zero attached hydrogens (tertiary/aromatic N) is 1. The molecule has 3 saturated heterocycles. The van der Waals surface area contributed by atoms with E-state index in [1.807, 2.05) is 24.3 Å². The number of hydrogen-bond acceptors (Lipinski definition) is 6. The van der Waals surface area contributed by atoms with Crippen LogP contribution in [-0.4, -0.2) is 76.2 Å². The predicted octanol–water partition coefficient (Wildman–Crippen LogP) is 3.82. The fourth-order valence-electron chi connectivity index (χ4n) is 6.75. The zero-order chi connectivity index (χ0) is 30.2. The summed E-state index contributed by atoms with van der Waals surface area (Å²) in [4.78, 5) is 27.5. The van der Waals surface area contributed by atoms with Gasteiger partial charge >= 0.3 is 6.18 Å². The molecule has 5 rings (SSSR count). The first-order valence-electron chi connectivity index (χ1n) is 14.1. The van der Waals surface area contributed by atoms with Gasteiger partial charge in [-0.25, -0.2) is 8.42 Å². The van der Waals surface area contributed by atoms with Crippen LogP contribution in [0.15, 0.2) is 54.6 Å². The van der Waals surface area contributed by atoms with E-state index in [4.69, 9.17) is 9.47 Å². The second-order valence-corrected chi connectivity index (χ2v) is 13.7. The number of nitrogens with one attached hydrogen (secondary N) is 1. The van der Waals surface area contributed by atoms with Crippen LogP contribution in [0.3, 0.4) is 0 Å². The minimum absolute atomic E-state index is 0.0375. The third kappa shape index (κ3) is 5.62. The molecule has 2 amide bonds. The number of halogens is 3. The van der Waals surface area contributed by atoms with E-state index in [0.717, 1.165) is 12.7 Å². The number of carbonyl (C=O) groups excluding carboxylic acids is 2. The fraction of sp³-hybridized carbons (Fsp3) is 0.533. The Morgan fingerprint density at radius 1 is 1.05 bits per heavy atom. The van der Waals surface area contributed by atoms with Crippen LogP contribution in [0.4, 0.5) is 13.2 Å². The summed E-state index contributed by atoms with van der Waals surface area (Å²) in [6.45, 7) is 0.760. The van der Waals surface area contributed by atoms with E-state index >= 15 is 0 Å². The molecule has 42 heavy (non-hydrogen) atoms. The quantitative estimate of drug-likeness (QED) is 0.489. The molecule has 0 bridgehead atoms. The number of likely N-dealkylation sites (tertiary alicyclic amines) is 1. The van der Waals surface area contributed by atoms with Crippen LogP contribution in [0.1, 0.15) is 42.7 Å². The summed E-state index contributed by atoms with van der Waals surface area (Å²) in [5.74, 6) is -0.424. The van der Waals surface area contributed by atoms with Crippen molar-refractivity contribution >= 4 is 21.7 Å². The number of piperidine rings is 2. The number of para-hydroxylation sites is 1. The van der Waals surface area contributed by atoms with Crippen molar-refractivity contribution in [1.82, 2.24) is 10.2 Å². The predicted molar refractivity (Wildman–Crippen MR) is 148 cm³/mol. The van der Waals surface area contributed by atoms with Crippen molar-refractivity contribution in [1.29, 1.82) is 0 Å². The molecule has 1 unspecified atom stereocenters. The second-order valence-electron chi connectivity index (χ2n) is 11.6. The summed E-state index contributed by atoms with van der Waals surface area (Å²) in [7, 11) is -2.02. The van der Waals surface area contributed by atoms with E-state index in [2.05, 4.69) is 5.32 Å². The minimum Gasteiger partial charge on any atom is -0.493 e. The molecule has 0 aliphatic carbocycles. The smallest absolute Gasteiger partial charge is 0.430 e. The van der Waals surface area contributed by atoms with Crippen molar-refractivity contribution in [2.75, 3.05) is 44.9 Å². The van der Waals surface area contributed by atoms with Gasteiger partial charge in [0.25, 0.3) is 11.5 Å². The largest absolute Gasteiger partial charge is 0.493 e. The van der Waals surface area contributed by atoms with E-state index in [1.165, 1.54) is 29.2 Å². The van der Waals surface area contributed by atoms with Gasteiger partial charge in [-0.15, -0.1) is 0 Å². The molecule has 1 N–H and O–H groups in total. The van der Waals surface area contributed by atoms with E-state index in [9.17, 15) is 31.2 Å². The van der Waals surface area contributed by atoms with Crippen molar-refractivity contribution in [3.8, 4) is 5.75 Å². The maximum Gasteiger partial charge on any atom is 0.430 e. The van der Waals surface area contributed by atoms with Crippen molar-refractivity contribution in [2.24, 2.45) is 11.3 Å². The van der Waals surface area contributed by atoms with Gasteiger partial charge in [-0.1, -0.05) is 48.5 Å². The molecule has 2 aromatic carbocycles. The van der Waals surface area contributed by atoms with Crippen molar-refractivity contribution in [3.63, 3.8) is 0 Å². The molecular weight excluding hydrogens is 573 g/mol. The summed E-state index contributed by atoms with van der Waals surface area (Å²) in [5, 5.41) is 2.93. The molecule has 8 nitrogen and oxygen atoms in total. The Hall–Kier alpha value is -3.12. The molecule has 2 atom stereocenters. The number of benzene rings is 2. The van der Waals surface area contributed by atoms with Crippen molar-refractivity contribution in [2.45, 2.75) is 43.4 Å². The maximum absolute atomic E-state index is 14.5. The normalized spacial score (nSPS) is 23.5. The third-order valence-corrected chi connectivity index (χ3v) is 11.0. The van der Waals surface area contributed by atoms with Crippen LogP contribution in [0.2, 0.25) is 0 Å². The molecule has 3 aliphatic heterocycles. The Labute approximate surface area is 243 Å². The first-order valence-corrected chi connectivity index (χ1v) is 15.9. The molecule has 0 radical (unpaired) electrons. The monoisotopic (exact) mass is 608 g/mol. The lowest BCUT2D eigenvalue weighted by Crippen LogP contribution is -2.60. The number of carbonyl (C=O) groups is 2. The first-order chi connectivity index (χ1) is 19.9. The molecule has 3 aliphatic rings. The first kappa shape index (κ1) is 30.3. The second kappa shape index (κ2) is 11.5. The molecule has 0 aromatic heterocycles. The highest BCUT2D eigenvalue weighted by Crippen LogP contribution is 2.52. The third-order valence-electron chi connectivity index (χ3n) is 9.05. The lowest BCUT2D eigenvalue weighted by atomic mass is 9.62. The van der Waals surface area contributed by atoms with Gasteiger partial charge < -0.3 is 19.7 Å². The lowest BCUT2D eigenvalue weighted by Gasteiger charge is -2.50. The molecular formula is C30H35F3N2O6S. The molecule has 0 saturated carbocycles. The average Bonchev–Trinajstić information content (AvgIpc) is 2.93. The molecule has 12 heteroatoms. The van der Waals surface area contributed by atoms with E-state index in [1.54, 1.807) is 6.07 Å². The summed E-state index contributed by atoms with van der Waals surface area (Å²) < 4.78 is 77.7. The zero-order valence-electron chi connectivity index (χ0n) is 23.4. The van der Waals surface area contributed by atoms with Gasteiger partial charge in [0, 0.05) is 44.6 Å². The number of ether oxygens (including phenoxy) is 2. The van der Waals surface area contributed by atoms with Crippen LogP contribution in [0.25, 0.3) is 0 Å². The van der Waals surface area contributed by atoms with Crippen molar-refractivity contribution < 1.29 is 40.7 Å². The molecule has 228 valence electrons. The standard InChI is InChI=1S/C30H35F3N2O6S/c1-40-29(30(31,32)33,22-7-3-2-4-8-22)27(37)35-14-12-28(13-15-35)17-26(36)34-18-24(28)23-9-5-6-10-25(23)41-16-11-21-19-42(38,39)20-21/h2-10,21,24H,11-20H2,1H3,(H,34,36)/t24?,29-/m1/s1. The van der Waals surface area contributed by atoms with E-state index in [-0.39, 0.29) is 54.3 Å². The highest BCUT2D eigenvalue weighted by molar-refractivity contribution is 7.92. The Balaban J connectivity index is 1.35. The molecule has 1 spiro atoms. The number of methoxy groups -OCH3 is 1. The van der Waals surface area contributed by atoms with Crippen molar-refractivity contribution in [3.05, 3.63) is 65.7 Å². The Morgan fingerprint density at radius 2 is 1.69 bits per heavy atom. The van der Waals surface area contributed by atoms with E-state index in [0.29, 0.717) is 38.2 Å². The maximum atomic E-state index is 14.5. The molecule has 2 aromatic rings. The Morgan fingerprint density at radius 3 is 2.31 bits per heavy atom. The van der Waals surface area contributed by atoms with Gasteiger partial charge in [0.1, 0.15) is 5.75 Å². The topological polar surface area (TPSA) is 102 Å². The SMILES string of the molecule is CO[C@@](C(=O)N1CCC2(CC1)CC(=O)NCC2c1ccccc1OCCC1CS(=O)(=O)C1)(c1ccccc1)C(F)(F)F. The average molecular weight is 609 g/mol. The van der Waals surface area contributed by atoms with Crippen LogP contribution in [0, 0.1) is 11.3 Å². The van der Waals surface area contributed by atoms with E-state index < -0.39 is 32.9 Å². The fourth-order valence-corrected chi connectivity index (χ4v) is 8.43. The van der Waals surface area contributed by atoms with Crippen LogP contribution >= 0.6 is 0 Å². The van der Waals surface area contributed by atoms with Crippen LogP contribution in [-0.2, 0) is 29.8 Å².